The smallest absolute Gasteiger partial charge is 0.432 e. The molecule has 32 nitrogen and oxygen atoms in total. The van der Waals surface area contributed by atoms with E-state index >= 15 is 0 Å². The first kappa shape index (κ1) is 86.1. The van der Waals surface area contributed by atoms with E-state index in [0.29, 0.717) is 276 Å². The molecular formula is C66H113N3O29. The van der Waals surface area contributed by atoms with Crippen LogP contribution in [-0.4, -0.2) is 364 Å². The molecule has 2 saturated heterocycles. The van der Waals surface area contributed by atoms with Crippen molar-refractivity contribution in [2.45, 2.75) is 38.3 Å². The summed E-state index contributed by atoms with van der Waals surface area (Å²) in [5, 5.41) is 0. The molecule has 0 aliphatic carbocycles. The average Bonchev–Trinajstić information content (AvgIpc) is 1.61. The highest BCUT2D eigenvalue weighted by molar-refractivity contribution is 6.05. The molecule has 0 radical (unpaired) electrons. The van der Waals surface area contributed by atoms with Crippen LogP contribution in [0.3, 0.4) is 0 Å². The van der Waals surface area contributed by atoms with Crippen molar-refractivity contribution >= 4 is 35.9 Å². The van der Waals surface area contributed by atoms with E-state index in [9.17, 15) is 24.0 Å². The van der Waals surface area contributed by atoms with Crippen LogP contribution in [0, 0.1) is 5.92 Å². The Labute approximate surface area is 577 Å². The monoisotopic (exact) mass is 1410 g/mol. The molecule has 3 heterocycles. The summed E-state index contributed by atoms with van der Waals surface area (Å²) in [7, 11) is 1.64. The molecule has 0 aromatic heterocycles. The number of benzene rings is 1. The minimum Gasteiger partial charge on any atom is -0.432 e. The van der Waals surface area contributed by atoms with E-state index < -0.39 is 30.7 Å². The number of likely N-dealkylation sites (tertiary alicyclic amines) is 1. The van der Waals surface area contributed by atoms with Crippen molar-refractivity contribution in [2.24, 2.45) is 5.92 Å². The molecule has 0 saturated carbocycles. The van der Waals surface area contributed by atoms with Gasteiger partial charge in [0.1, 0.15) is 18.9 Å². The number of hydrogen-bond donors (Lipinski definition) is 0. The Morgan fingerprint density at radius 2 is 0.694 bits per heavy atom. The number of hydrogen-bond acceptors (Lipinski definition) is 30. The summed E-state index contributed by atoms with van der Waals surface area (Å²) in [5.74, 6) is -1.35. The van der Waals surface area contributed by atoms with Gasteiger partial charge in [0.05, 0.1) is 284 Å². The first-order chi connectivity index (χ1) is 48.4. The lowest BCUT2D eigenvalue weighted by Crippen LogP contribution is -2.55. The van der Waals surface area contributed by atoms with Crippen LogP contribution >= 0.6 is 0 Å². The predicted molar refractivity (Wildman–Crippen MR) is 349 cm³/mol. The summed E-state index contributed by atoms with van der Waals surface area (Å²) in [5.41, 5.74) is 2.26. The molecule has 2 fully saturated rings. The summed E-state index contributed by atoms with van der Waals surface area (Å²) >= 11 is 0. The minimum absolute atomic E-state index is 0.00647. The van der Waals surface area contributed by atoms with Gasteiger partial charge >= 0.3 is 6.16 Å². The lowest BCUT2D eigenvalue weighted by atomic mass is 9.97. The van der Waals surface area contributed by atoms with Gasteiger partial charge in [0.15, 0.2) is 6.73 Å². The maximum atomic E-state index is 13.4. The topological polar surface area (TPSA) is 317 Å². The molecule has 98 heavy (non-hydrogen) atoms. The van der Waals surface area contributed by atoms with Crippen molar-refractivity contribution in [2.75, 3.05) is 323 Å². The van der Waals surface area contributed by atoms with E-state index in [1.54, 1.807) is 13.2 Å². The highest BCUT2D eigenvalue weighted by atomic mass is 16.7. The molecule has 1 aromatic carbocycles. The molecule has 4 rings (SSSR count). The van der Waals surface area contributed by atoms with Gasteiger partial charge in [-0.25, -0.2) is 9.69 Å². The van der Waals surface area contributed by atoms with Gasteiger partial charge in [-0.2, -0.15) is 0 Å². The van der Waals surface area contributed by atoms with Crippen molar-refractivity contribution in [3.05, 3.63) is 29.3 Å². The molecule has 566 valence electrons. The van der Waals surface area contributed by atoms with Gasteiger partial charge in [-0.15, -0.1) is 0 Å². The normalized spacial score (nSPS) is 15.1. The lowest BCUT2D eigenvalue weighted by molar-refractivity contribution is -0.157. The number of nitrogens with zero attached hydrogens (tertiary/aromatic N) is 3. The highest BCUT2D eigenvalue weighted by Gasteiger charge is 2.43. The number of amides is 3. The van der Waals surface area contributed by atoms with Crippen LogP contribution in [0.1, 0.15) is 41.6 Å². The van der Waals surface area contributed by atoms with Gasteiger partial charge < -0.3 is 128 Å². The zero-order valence-electron chi connectivity index (χ0n) is 57.9. The van der Waals surface area contributed by atoms with E-state index in [-0.39, 0.29) is 51.0 Å². The first-order valence-corrected chi connectivity index (χ1v) is 34.3. The molecule has 3 aliphatic heterocycles. The summed E-state index contributed by atoms with van der Waals surface area (Å²) in [6.07, 6.45) is 1.66. The van der Waals surface area contributed by atoms with Crippen LogP contribution < -0.4 is 4.90 Å². The fourth-order valence-electron chi connectivity index (χ4n) is 9.30. The number of methoxy groups -OCH3 is 1. The number of carbonyl (C=O) groups excluding carboxylic acids is 5. The number of rotatable bonds is 71. The Kier molecular flexibility index (Phi) is 54.9. The molecule has 3 amide bonds. The maximum absolute atomic E-state index is 13.4. The summed E-state index contributed by atoms with van der Waals surface area (Å²) in [4.78, 5) is 67.5. The number of ether oxygens (including phenoxy) is 24. The third-order valence-corrected chi connectivity index (χ3v) is 14.5. The van der Waals surface area contributed by atoms with Crippen LogP contribution in [-0.2, 0) is 135 Å². The van der Waals surface area contributed by atoms with Crippen LogP contribution in [0.5, 0.6) is 0 Å². The Morgan fingerprint density at radius 3 is 0.990 bits per heavy atom. The van der Waals surface area contributed by atoms with Crippen LogP contribution in [0.2, 0.25) is 0 Å². The Hall–Kier alpha value is -4.31. The molecule has 0 spiro atoms. The van der Waals surface area contributed by atoms with Crippen molar-refractivity contribution in [1.82, 2.24) is 9.80 Å². The Bertz CT molecular complexity index is 2100. The molecule has 1 atom stereocenters. The number of aldehydes is 1. The van der Waals surface area contributed by atoms with Gasteiger partial charge in [-0.1, -0.05) is 0 Å². The zero-order chi connectivity index (χ0) is 69.5. The van der Waals surface area contributed by atoms with Gasteiger partial charge in [0.25, 0.3) is 11.8 Å². The highest BCUT2D eigenvalue weighted by Crippen LogP contribution is 2.33. The first-order valence-electron chi connectivity index (χ1n) is 34.3. The summed E-state index contributed by atoms with van der Waals surface area (Å²) in [6.45, 7) is 20.5. The van der Waals surface area contributed by atoms with Gasteiger partial charge in [0, 0.05) is 50.3 Å². The van der Waals surface area contributed by atoms with Gasteiger partial charge in [-0.3, -0.25) is 14.4 Å². The maximum Gasteiger partial charge on any atom is 0.510 e. The van der Waals surface area contributed by atoms with Crippen molar-refractivity contribution in [3.63, 3.8) is 0 Å². The molecule has 1 aromatic rings. The van der Waals surface area contributed by atoms with Crippen molar-refractivity contribution in [1.29, 1.82) is 0 Å². The van der Waals surface area contributed by atoms with E-state index in [1.165, 1.54) is 4.90 Å². The summed E-state index contributed by atoms with van der Waals surface area (Å²) < 4.78 is 130. The quantitative estimate of drug-likeness (QED) is 0.0388. The number of fused-ring (bicyclic) bond motifs is 1. The van der Waals surface area contributed by atoms with Gasteiger partial charge in [0.2, 0.25) is 5.91 Å². The fraction of sp³-hybridized carbons (Fsp3) is 0.833. The molecule has 32 heteroatoms. The fourth-order valence-corrected chi connectivity index (χ4v) is 9.30. The van der Waals surface area contributed by atoms with Crippen molar-refractivity contribution < 1.29 is 138 Å². The van der Waals surface area contributed by atoms with E-state index in [2.05, 4.69) is 4.90 Å². The molecule has 0 bridgehead atoms. The number of anilines is 1. The van der Waals surface area contributed by atoms with E-state index in [1.807, 2.05) is 12.1 Å². The third kappa shape index (κ3) is 44.2. The number of piperidine rings is 2. The number of carbonyl (C=O) groups is 5. The largest absolute Gasteiger partial charge is 0.510 e. The van der Waals surface area contributed by atoms with Crippen LogP contribution in [0.25, 0.3) is 0 Å². The Morgan fingerprint density at radius 1 is 0.398 bits per heavy atom. The van der Waals surface area contributed by atoms with Crippen LogP contribution in [0.4, 0.5) is 10.5 Å². The zero-order valence-corrected chi connectivity index (χ0v) is 57.9. The predicted octanol–water partition coefficient (Wildman–Crippen LogP) is 1.68. The third-order valence-electron chi connectivity index (χ3n) is 14.5. The minimum atomic E-state index is -1.07. The lowest BCUT2D eigenvalue weighted by Gasteiger charge is -2.34. The van der Waals surface area contributed by atoms with E-state index in [0.717, 1.165) is 48.4 Å². The second kappa shape index (κ2) is 62.5. The average molecular weight is 1410 g/mol. The van der Waals surface area contributed by atoms with Gasteiger partial charge in [-0.05, 0) is 43.0 Å². The second-order valence-electron chi connectivity index (χ2n) is 21.7. The molecular weight excluding hydrogens is 1300 g/mol. The van der Waals surface area contributed by atoms with Crippen LogP contribution in [0.15, 0.2) is 18.2 Å². The van der Waals surface area contributed by atoms with E-state index in [4.69, 9.17) is 114 Å². The molecule has 3 aliphatic rings. The standard InChI is InChI=1S/C66H113N3O29/c1-75-10-11-76-12-13-77-14-15-78-16-17-79-18-19-80-20-21-81-22-23-82-24-25-83-26-27-84-28-29-85-30-31-86-32-33-87-34-35-88-36-37-89-38-39-90-40-41-91-42-43-92-44-45-93-46-47-94-48-49-95-50-51-96-52-53-97-66(74)98-57-69-63(71)5-4-62(65(69)73)68-55-59-54-60(2-3-61(59)64(68)72)67-8-6-58(56-70)7-9-67/h2-3,54,56,58,62H,4-53,55,57H2,1H3. The number of imide groups is 1. The molecule has 1 unspecified atom stereocenters. The second-order valence-corrected chi connectivity index (χ2v) is 21.7. The summed E-state index contributed by atoms with van der Waals surface area (Å²) in [6, 6.07) is 4.72. The van der Waals surface area contributed by atoms with Crippen molar-refractivity contribution in [3.8, 4) is 0 Å². The SMILES string of the molecule is COCCOCCOCCOCCOCCOCCOCCOCCOCCOCCOCCOCCOCCOCCOCCOCCOCCOCCOCCOCCOCCOCCOC(=O)OCN1C(=O)CCC(N2Cc3cc(N4CCC(C=O)CC4)ccc3C2=O)C1=O. The Balaban J connectivity index is 0.742. The molecule has 0 N–H and O–H groups in total.